The van der Waals surface area contributed by atoms with Crippen molar-refractivity contribution in [2.75, 3.05) is 19.6 Å². The second-order valence-corrected chi connectivity index (χ2v) is 4.67. The summed E-state index contributed by atoms with van der Waals surface area (Å²) >= 11 is 6.12. The number of nitrogens with zero attached hydrogens (tertiary/aromatic N) is 1. The first kappa shape index (κ1) is 10.6. The SMILES string of the molecule is CC(Cl)C1CN2CCC1CC2.Cl. The first-order valence-electron chi connectivity index (χ1n) is 4.64. The molecule has 3 heterocycles. The van der Waals surface area contributed by atoms with E-state index in [1.54, 1.807) is 0 Å². The first-order valence-corrected chi connectivity index (χ1v) is 5.07. The van der Waals surface area contributed by atoms with Crippen molar-refractivity contribution in [1.29, 1.82) is 0 Å². The van der Waals surface area contributed by atoms with E-state index < -0.39 is 0 Å². The lowest BCUT2D eigenvalue weighted by Gasteiger charge is -2.45. The molecule has 0 aliphatic carbocycles. The fourth-order valence-corrected chi connectivity index (χ4v) is 2.82. The van der Waals surface area contributed by atoms with Crippen molar-refractivity contribution in [3.05, 3.63) is 0 Å². The molecular formula is C9H17Cl2N. The first-order chi connectivity index (χ1) is 5.27. The fraction of sp³-hybridized carbons (Fsp3) is 1.00. The molecule has 0 saturated carbocycles. The number of hydrogen-bond donors (Lipinski definition) is 0. The smallest absolute Gasteiger partial charge is 0.0350 e. The lowest BCUT2D eigenvalue weighted by Crippen LogP contribution is -2.49. The topological polar surface area (TPSA) is 3.24 Å². The summed E-state index contributed by atoms with van der Waals surface area (Å²) < 4.78 is 0. The third-order valence-electron chi connectivity index (χ3n) is 3.30. The van der Waals surface area contributed by atoms with Crippen LogP contribution in [0.15, 0.2) is 0 Å². The second-order valence-electron chi connectivity index (χ2n) is 3.98. The molecule has 0 aromatic rings. The maximum absolute atomic E-state index is 6.12. The van der Waals surface area contributed by atoms with Gasteiger partial charge in [0.05, 0.1) is 0 Å². The molecule has 0 N–H and O–H groups in total. The molecule has 2 unspecified atom stereocenters. The van der Waals surface area contributed by atoms with Crippen LogP contribution >= 0.6 is 24.0 Å². The quantitative estimate of drug-likeness (QED) is 0.600. The van der Waals surface area contributed by atoms with Gasteiger partial charge in [-0.2, -0.15) is 0 Å². The van der Waals surface area contributed by atoms with Crippen LogP contribution in [0, 0.1) is 11.8 Å². The van der Waals surface area contributed by atoms with Gasteiger partial charge in [0, 0.05) is 11.9 Å². The minimum atomic E-state index is 0. The van der Waals surface area contributed by atoms with Gasteiger partial charge in [0.15, 0.2) is 0 Å². The molecule has 3 saturated heterocycles. The molecule has 0 aromatic heterocycles. The molecular weight excluding hydrogens is 193 g/mol. The Morgan fingerprint density at radius 3 is 2.17 bits per heavy atom. The van der Waals surface area contributed by atoms with Crippen molar-refractivity contribution >= 4 is 24.0 Å². The summed E-state index contributed by atoms with van der Waals surface area (Å²) in [6.45, 7) is 6.05. The van der Waals surface area contributed by atoms with Crippen LogP contribution in [0.2, 0.25) is 0 Å². The third kappa shape index (κ3) is 1.89. The molecule has 72 valence electrons. The number of halogens is 2. The van der Waals surface area contributed by atoms with Gasteiger partial charge < -0.3 is 4.90 Å². The Bertz CT molecular complexity index is 141. The molecule has 3 fully saturated rings. The summed E-state index contributed by atoms with van der Waals surface area (Å²) in [6, 6.07) is 0. The number of alkyl halides is 1. The normalized spacial score (nSPS) is 42.0. The van der Waals surface area contributed by atoms with Gasteiger partial charge in [-0.3, -0.25) is 0 Å². The van der Waals surface area contributed by atoms with Crippen LogP contribution in [0.3, 0.4) is 0 Å². The van der Waals surface area contributed by atoms with Crippen LogP contribution in [0.5, 0.6) is 0 Å². The maximum atomic E-state index is 6.12. The van der Waals surface area contributed by atoms with Gasteiger partial charge in [0.25, 0.3) is 0 Å². The summed E-state index contributed by atoms with van der Waals surface area (Å²) in [5.74, 6) is 1.71. The Morgan fingerprint density at radius 2 is 1.92 bits per heavy atom. The van der Waals surface area contributed by atoms with Crippen LogP contribution in [-0.2, 0) is 0 Å². The Labute approximate surface area is 85.9 Å². The molecule has 0 spiro atoms. The predicted molar refractivity (Wildman–Crippen MR) is 55.2 cm³/mol. The zero-order chi connectivity index (χ0) is 7.84. The number of fused-ring (bicyclic) bond motifs is 3. The molecule has 0 radical (unpaired) electrons. The summed E-state index contributed by atoms with van der Waals surface area (Å²) in [5.41, 5.74) is 0. The molecule has 3 aliphatic heterocycles. The van der Waals surface area contributed by atoms with Crippen LogP contribution in [0.4, 0.5) is 0 Å². The fourth-order valence-electron chi connectivity index (χ4n) is 2.53. The summed E-state index contributed by atoms with van der Waals surface area (Å²) in [5, 5.41) is 0.378. The predicted octanol–water partition coefficient (Wildman–Crippen LogP) is 2.38. The number of rotatable bonds is 1. The molecule has 2 atom stereocenters. The summed E-state index contributed by atoms with van der Waals surface area (Å²) in [6.07, 6.45) is 2.78. The van der Waals surface area contributed by atoms with Crippen molar-refractivity contribution in [2.24, 2.45) is 11.8 Å². The van der Waals surface area contributed by atoms with E-state index in [0.29, 0.717) is 5.38 Å². The van der Waals surface area contributed by atoms with Crippen LogP contribution in [0.1, 0.15) is 19.8 Å². The molecule has 0 aromatic carbocycles. The maximum Gasteiger partial charge on any atom is 0.0350 e. The Kier molecular flexibility index (Phi) is 3.69. The minimum Gasteiger partial charge on any atom is -0.303 e. The molecule has 3 heteroatoms. The van der Waals surface area contributed by atoms with Crippen LogP contribution in [-0.4, -0.2) is 29.9 Å². The third-order valence-corrected chi connectivity index (χ3v) is 3.62. The van der Waals surface area contributed by atoms with Gasteiger partial charge in [-0.15, -0.1) is 24.0 Å². The Hall–Kier alpha value is 0.540. The molecule has 3 aliphatic rings. The van der Waals surface area contributed by atoms with Crippen LogP contribution < -0.4 is 0 Å². The van der Waals surface area contributed by atoms with Crippen molar-refractivity contribution in [3.63, 3.8) is 0 Å². The van der Waals surface area contributed by atoms with E-state index in [4.69, 9.17) is 11.6 Å². The van der Waals surface area contributed by atoms with Crippen molar-refractivity contribution in [3.8, 4) is 0 Å². The van der Waals surface area contributed by atoms with E-state index in [0.717, 1.165) is 11.8 Å². The van der Waals surface area contributed by atoms with Gasteiger partial charge in [-0.05, 0) is 44.7 Å². The van der Waals surface area contributed by atoms with Gasteiger partial charge in [0.2, 0.25) is 0 Å². The zero-order valence-electron chi connectivity index (χ0n) is 7.50. The van der Waals surface area contributed by atoms with E-state index >= 15 is 0 Å². The van der Waals surface area contributed by atoms with Crippen molar-refractivity contribution < 1.29 is 0 Å². The number of hydrogen-bond acceptors (Lipinski definition) is 1. The standard InChI is InChI=1S/C9H16ClN.ClH/c1-7(10)9-6-11-4-2-8(9)3-5-11;/h7-9H,2-6H2,1H3;1H. The highest BCUT2D eigenvalue weighted by molar-refractivity contribution is 6.20. The Balaban J connectivity index is 0.000000720. The van der Waals surface area contributed by atoms with E-state index in [9.17, 15) is 0 Å². The lowest BCUT2D eigenvalue weighted by molar-refractivity contribution is 0.0511. The average Bonchev–Trinajstić information content (AvgIpc) is 2.06. The van der Waals surface area contributed by atoms with Crippen molar-refractivity contribution in [1.82, 2.24) is 4.90 Å². The second kappa shape index (κ2) is 4.17. The molecule has 1 nitrogen and oxygen atoms in total. The monoisotopic (exact) mass is 209 g/mol. The van der Waals surface area contributed by atoms with E-state index in [1.807, 2.05) is 0 Å². The van der Waals surface area contributed by atoms with Gasteiger partial charge in [0.1, 0.15) is 0 Å². The molecule has 12 heavy (non-hydrogen) atoms. The van der Waals surface area contributed by atoms with Crippen molar-refractivity contribution in [2.45, 2.75) is 25.1 Å². The lowest BCUT2D eigenvalue weighted by atomic mass is 9.78. The summed E-state index contributed by atoms with van der Waals surface area (Å²) in [7, 11) is 0. The highest BCUT2D eigenvalue weighted by atomic mass is 35.5. The summed E-state index contributed by atoms with van der Waals surface area (Å²) in [4.78, 5) is 2.56. The van der Waals surface area contributed by atoms with Crippen LogP contribution in [0.25, 0.3) is 0 Å². The van der Waals surface area contributed by atoms with E-state index in [2.05, 4.69) is 11.8 Å². The average molecular weight is 210 g/mol. The minimum absolute atomic E-state index is 0. The van der Waals surface area contributed by atoms with Gasteiger partial charge >= 0.3 is 0 Å². The number of piperidine rings is 3. The zero-order valence-corrected chi connectivity index (χ0v) is 9.07. The molecule has 2 bridgehead atoms. The van der Waals surface area contributed by atoms with Gasteiger partial charge in [-0.25, -0.2) is 0 Å². The highest BCUT2D eigenvalue weighted by Crippen LogP contribution is 2.35. The van der Waals surface area contributed by atoms with Gasteiger partial charge in [-0.1, -0.05) is 0 Å². The van der Waals surface area contributed by atoms with E-state index in [1.165, 1.54) is 32.5 Å². The molecule has 0 amide bonds. The molecule has 3 rings (SSSR count). The largest absolute Gasteiger partial charge is 0.303 e. The Morgan fingerprint density at radius 1 is 1.33 bits per heavy atom. The highest BCUT2D eigenvalue weighted by Gasteiger charge is 2.36. The van der Waals surface area contributed by atoms with E-state index in [-0.39, 0.29) is 12.4 Å².